The number of anilines is 2. The Bertz CT molecular complexity index is 1250. The maximum atomic E-state index is 12.4. The second kappa shape index (κ2) is 9.60. The van der Waals surface area contributed by atoms with Crippen LogP contribution in [0, 0.1) is 0 Å². The summed E-state index contributed by atoms with van der Waals surface area (Å²) in [6.45, 7) is 3.84. The molecule has 3 heterocycles. The molecular formula is C25H25ClN6O. The number of pyridine rings is 1. The number of carbonyl (C=O) groups is 1. The van der Waals surface area contributed by atoms with Gasteiger partial charge in [-0.1, -0.05) is 29.8 Å². The number of hydrogen-bond donors (Lipinski definition) is 2. The fourth-order valence-corrected chi connectivity index (χ4v) is 4.19. The molecular weight excluding hydrogens is 436 g/mol. The molecule has 0 bridgehead atoms. The van der Waals surface area contributed by atoms with Gasteiger partial charge in [0.1, 0.15) is 0 Å². The van der Waals surface area contributed by atoms with E-state index in [0.717, 1.165) is 42.2 Å². The number of nitrogens with one attached hydrogen (secondary N) is 2. The first-order valence-corrected chi connectivity index (χ1v) is 11.5. The van der Waals surface area contributed by atoms with Gasteiger partial charge in [-0.05, 0) is 74.5 Å². The summed E-state index contributed by atoms with van der Waals surface area (Å²) in [5.74, 6) is 0.429. The van der Waals surface area contributed by atoms with Crippen molar-refractivity contribution in [1.29, 1.82) is 0 Å². The van der Waals surface area contributed by atoms with E-state index < -0.39 is 0 Å². The fraction of sp³-hybridized carbons (Fsp3) is 0.240. The predicted octanol–water partition coefficient (Wildman–Crippen LogP) is 4.62. The van der Waals surface area contributed by atoms with E-state index in [2.05, 4.69) is 25.6 Å². The molecule has 0 unspecified atom stereocenters. The second-order valence-electron chi connectivity index (χ2n) is 8.13. The topological polar surface area (TPSA) is 74.6 Å². The number of rotatable bonds is 7. The summed E-state index contributed by atoms with van der Waals surface area (Å²) in [5.41, 5.74) is 4.11. The van der Waals surface area contributed by atoms with Crippen molar-refractivity contribution in [3.05, 3.63) is 77.3 Å². The highest BCUT2D eigenvalue weighted by Crippen LogP contribution is 2.23. The van der Waals surface area contributed by atoms with Crippen molar-refractivity contribution in [2.24, 2.45) is 0 Å². The number of hydrogen-bond acceptors (Lipinski definition) is 5. The molecule has 1 fully saturated rings. The van der Waals surface area contributed by atoms with E-state index in [9.17, 15) is 4.79 Å². The molecule has 8 heteroatoms. The highest BCUT2D eigenvalue weighted by atomic mass is 35.5. The van der Waals surface area contributed by atoms with Crippen LogP contribution in [0.2, 0.25) is 5.02 Å². The van der Waals surface area contributed by atoms with Crippen LogP contribution in [0.1, 0.15) is 23.2 Å². The third-order valence-corrected chi connectivity index (χ3v) is 6.07. The Kier molecular flexibility index (Phi) is 6.24. The molecule has 0 spiro atoms. The quantitative estimate of drug-likeness (QED) is 0.421. The standard InChI is InChI=1S/C25H25ClN6O/c26-20-10-6-18(7-11-20)22-4-3-5-23-29-25(30-32(22)23)28-21-12-8-19(9-13-21)24(33)27-14-17-31-15-1-2-16-31/h3-13H,1-2,14-17H2,(H,27,33)(H,28,30). The molecule has 168 valence electrons. The zero-order valence-corrected chi connectivity index (χ0v) is 18.9. The molecule has 1 amide bonds. The number of aromatic nitrogens is 3. The summed E-state index contributed by atoms with van der Waals surface area (Å²) in [4.78, 5) is 19.4. The Hall–Kier alpha value is -3.42. The predicted molar refractivity (Wildman–Crippen MR) is 131 cm³/mol. The van der Waals surface area contributed by atoms with E-state index in [1.807, 2.05) is 66.7 Å². The SMILES string of the molecule is O=C(NCCN1CCCC1)c1ccc(Nc2nc3cccc(-c4ccc(Cl)cc4)n3n2)cc1. The molecule has 5 rings (SSSR count). The van der Waals surface area contributed by atoms with E-state index in [-0.39, 0.29) is 5.91 Å². The summed E-state index contributed by atoms with van der Waals surface area (Å²) >= 11 is 6.02. The van der Waals surface area contributed by atoms with Gasteiger partial charge in [0, 0.05) is 34.9 Å². The van der Waals surface area contributed by atoms with Crippen LogP contribution in [0.25, 0.3) is 16.9 Å². The van der Waals surface area contributed by atoms with Crippen molar-refractivity contribution in [3.63, 3.8) is 0 Å². The maximum Gasteiger partial charge on any atom is 0.251 e. The monoisotopic (exact) mass is 460 g/mol. The number of nitrogens with zero attached hydrogens (tertiary/aromatic N) is 4. The van der Waals surface area contributed by atoms with Gasteiger partial charge in [0.2, 0.25) is 5.95 Å². The van der Waals surface area contributed by atoms with Crippen LogP contribution >= 0.6 is 11.6 Å². The van der Waals surface area contributed by atoms with Crippen molar-refractivity contribution in [3.8, 4) is 11.3 Å². The zero-order valence-electron chi connectivity index (χ0n) is 18.2. The number of amides is 1. The Morgan fingerprint density at radius 2 is 1.73 bits per heavy atom. The molecule has 1 aliphatic heterocycles. The first kappa shape index (κ1) is 21.4. The third kappa shape index (κ3) is 4.99. The number of likely N-dealkylation sites (tertiary alicyclic amines) is 1. The molecule has 0 aliphatic carbocycles. The van der Waals surface area contributed by atoms with Crippen molar-refractivity contribution in [1.82, 2.24) is 24.8 Å². The highest BCUT2D eigenvalue weighted by molar-refractivity contribution is 6.30. The van der Waals surface area contributed by atoms with Crippen molar-refractivity contribution in [2.45, 2.75) is 12.8 Å². The number of carbonyl (C=O) groups excluding carboxylic acids is 1. The van der Waals surface area contributed by atoms with Crippen molar-refractivity contribution >= 4 is 34.8 Å². The highest BCUT2D eigenvalue weighted by Gasteiger charge is 2.12. The fourth-order valence-electron chi connectivity index (χ4n) is 4.07. The average molecular weight is 461 g/mol. The van der Waals surface area contributed by atoms with Crippen LogP contribution in [-0.4, -0.2) is 51.6 Å². The summed E-state index contributed by atoms with van der Waals surface area (Å²) in [6.07, 6.45) is 2.51. The molecule has 2 aromatic heterocycles. The molecule has 0 saturated carbocycles. The summed E-state index contributed by atoms with van der Waals surface area (Å²) < 4.78 is 1.80. The summed E-state index contributed by atoms with van der Waals surface area (Å²) in [6, 6.07) is 20.8. The van der Waals surface area contributed by atoms with Crippen molar-refractivity contribution in [2.75, 3.05) is 31.5 Å². The molecule has 1 saturated heterocycles. The lowest BCUT2D eigenvalue weighted by Crippen LogP contribution is -2.33. The van der Waals surface area contributed by atoms with Gasteiger partial charge < -0.3 is 15.5 Å². The summed E-state index contributed by atoms with van der Waals surface area (Å²) in [5, 5.41) is 11.5. The van der Waals surface area contributed by atoms with Crippen molar-refractivity contribution < 1.29 is 4.79 Å². The van der Waals surface area contributed by atoms with Gasteiger partial charge in [0.25, 0.3) is 5.91 Å². The maximum absolute atomic E-state index is 12.4. The first-order valence-electron chi connectivity index (χ1n) is 11.2. The van der Waals surface area contributed by atoms with Crippen LogP contribution in [0.5, 0.6) is 0 Å². The smallest absolute Gasteiger partial charge is 0.251 e. The molecule has 33 heavy (non-hydrogen) atoms. The molecule has 2 N–H and O–H groups in total. The summed E-state index contributed by atoms with van der Waals surface area (Å²) in [7, 11) is 0. The van der Waals surface area contributed by atoms with Gasteiger partial charge in [-0.2, -0.15) is 4.98 Å². The Morgan fingerprint density at radius 3 is 2.48 bits per heavy atom. The van der Waals surface area contributed by atoms with Crippen LogP contribution < -0.4 is 10.6 Å². The van der Waals surface area contributed by atoms with Gasteiger partial charge in [0.15, 0.2) is 5.65 Å². The minimum Gasteiger partial charge on any atom is -0.351 e. The minimum atomic E-state index is -0.0563. The van der Waals surface area contributed by atoms with Gasteiger partial charge in [-0.15, -0.1) is 5.10 Å². The Balaban J connectivity index is 1.25. The Morgan fingerprint density at radius 1 is 0.970 bits per heavy atom. The largest absolute Gasteiger partial charge is 0.351 e. The van der Waals surface area contributed by atoms with Crippen LogP contribution in [0.4, 0.5) is 11.6 Å². The van der Waals surface area contributed by atoms with Gasteiger partial charge in [-0.25, -0.2) is 4.52 Å². The molecule has 7 nitrogen and oxygen atoms in total. The molecule has 2 aromatic carbocycles. The lowest BCUT2D eigenvalue weighted by molar-refractivity contribution is 0.0950. The van der Waals surface area contributed by atoms with Gasteiger partial charge >= 0.3 is 0 Å². The average Bonchev–Trinajstić information content (AvgIpc) is 3.49. The minimum absolute atomic E-state index is 0.0563. The normalized spacial score (nSPS) is 14.0. The molecule has 0 atom stereocenters. The number of fused-ring (bicyclic) bond motifs is 1. The lowest BCUT2D eigenvalue weighted by atomic mass is 10.1. The Labute approximate surface area is 197 Å². The van der Waals surface area contributed by atoms with E-state index >= 15 is 0 Å². The number of benzene rings is 2. The van der Waals surface area contributed by atoms with Crippen LogP contribution in [0.15, 0.2) is 66.7 Å². The van der Waals surface area contributed by atoms with E-state index in [0.29, 0.717) is 23.1 Å². The molecule has 1 aliphatic rings. The van der Waals surface area contributed by atoms with Gasteiger partial charge in [-0.3, -0.25) is 4.79 Å². The lowest BCUT2D eigenvalue weighted by Gasteiger charge is -2.14. The van der Waals surface area contributed by atoms with E-state index in [1.165, 1.54) is 12.8 Å². The zero-order chi connectivity index (χ0) is 22.6. The van der Waals surface area contributed by atoms with E-state index in [4.69, 9.17) is 11.6 Å². The van der Waals surface area contributed by atoms with Gasteiger partial charge in [0.05, 0.1) is 5.69 Å². The molecule has 4 aromatic rings. The third-order valence-electron chi connectivity index (χ3n) is 5.82. The van der Waals surface area contributed by atoms with Crippen LogP contribution in [-0.2, 0) is 0 Å². The van der Waals surface area contributed by atoms with Crippen LogP contribution in [0.3, 0.4) is 0 Å². The van der Waals surface area contributed by atoms with E-state index in [1.54, 1.807) is 4.52 Å². The number of halogens is 1. The second-order valence-corrected chi connectivity index (χ2v) is 8.57. The first-order chi connectivity index (χ1) is 16.2. The molecule has 0 radical (unpaired) electrons.